The number of nitrogens with zero attached hydrogens (tertiary/aromatic N) is 1. The fraction of sp³-hybridized carbons (Fsp3) is 0.0714. The third kappa shape index (κ3) is 2.29. The van der Waals surface area contributed by atoms with E-state index in [0.717, 1.165) is 10.8 Å². The number of hydrogen-bond acceptors (Lipinski definition) is 3. The third-order valence-electron chi connectivity index (χ3n) is 2.47. The number of hydrogen-bond donors (Lipinski definition) is 0. The van der Waals surface area contributed by atoms with Crippen LogP contribution in [0.1, 0.15) is 4.88 Å². The van der Waals surface area contributed by atoms with Gasteiger partial charge in [-0.2, -0.15) is 0 Å². The number of fused-ring (bicyclic) bond motifs is 1. The largest absolute Gasteiger partial charge is 0.472 e. The summed E-state index contributed by atoms with van der Waals surface area (Å²) in [6.45, 7) is 0.566. The van der Waals surface area contributed by atoms with Crippen molar-refractivity contribution in [3.05, 3.63) is 58.9 Å². The molecule has 2 heterocycles. The summed E-state index contributed by atoms with van der Waals surface area (Å²) >= 11 is 1.68. The number of rotatable bonds is 3. The van der Waals surface area contributed by atoms with Crippen LogP contribution in [-0.2, 0) is 6.61 Å². The molecule has 83 valence electrons. The molecule has 3 rings (SSSR count). The van der Waals surface area contributed by atoms with E-state index in [9.17, 15) is 0 Å². The highest BCUT2D eigenvalue weighted by molar-refractivity contribution is 7.09. The minimum atomic E-state index is 0.566. The highest BCUT2D eigenvalue weighted by Crippen LogP contribution is 2.18. The highest BCUT2D eigenvalue weighted by atomic mass is 32.1. The molecule has 1 aromatic carbocycles. The van der Waals surface area contributed by atoms with Crippen molar-refractivity contribution in [1.82, 2.24) is 4.98 Å². The second-order valence-corrected chi connectivity index (χ2v) is 4.69. The quantitative estimate of drug-likeness (QED) is 0.696. The van der Waals surface area contributed by atoms with Crippen LogP contribution in [0.2, 0.25) is 0 Å². The van der Waals surface area contributed by atoms with E-state index in [1.54, 1.807) is 11.3 Å². The van der Waals surface area contributed by atoms with Gasteiger partial charge in [-0.15, -0.1) is 11.3 Å². The Morgan fingerprint density at radius 3 is 3.00 bits per heavy atom. The topological polar surface area (TPSA) is 22.1 Å². The van der Waals surface area contributed by atoms with Gasteiger partial charge in [-0.25, -0.2) is 4.98 Å². The lowest BCUT2D eigenvalue weighted by Gasteiger charge is -2.04. The number of aromatic nitrogens is 1. The van der Waals surface area contributed by atoms with Crippen molar-refractivity contribution >= 4 is 22.1 Å². The monoisotopic (exact) mass is 240 g/mol. The SMILES string of the molecule is [c]1nc(OCc2cccs2)cc2ccccc12. The molecule has 0 amide bonds. The van der Waals surface area contributed by atoms with Crippen LogP contribution in [-0.4, -0.2) is 4.98 Å². The summed E-state index contributed by atoms with van der Waals surface area (Å²) in [5.41, 5.74) is 0. The van der Waals surface area contributed by atoms with E-state index >= 15 is 0 Å². The molecule has 0 spiro atoms. The average Bonchev–Trinajstić information content (AvgIpc) is 2.89. The zero-order valence-electron chi connectivity index (χ0n) is 9.09. The minimum Gasteiger partial charge on any atom is -0.472 e. The van der Waals surface area contributed by atoms with Crippen LogP contribution in [0.15, 0.2) is 47.8 Å². The molecule has 0 fully saturated rings. The number of benzene rings is 1. The van der Waals surface area contributed by atoms with Crippen LogP contribution < -0.4 is 4.74 Å². The molecule has 0 saturated carbocycles. The summed E-state index contributed by atoms with van der Waals surface area (Å²) in [6, 6.07) is 14.0. The molecule has 0 aliphatic heterocycles. The third-order valence-corrected chi connectivity index (χ3v) is 3.32. The van der Waals surface area contributed by atoms with Gasteiger partial charge in [0.15, 0.2) is 0 Å². The van der Waals surface area contributed by atoms with Crippen molar-refractivity contribution in [2.45, 2.75) is 6.61 Å². The zero-order valence-corrected chi connectivity index (χ0v) is 9.91. The standard InChI is InChI=1S/C14H10NOS/c1-2-5-12-9-15-14(8-11(12)4-1)16-10-13-6-3-7-17-13/h1-8H,10H2. The van der Waals surface area contributed by atoms with Crippen LogP contribution in [0.5, 0.6) is 5.88 Å². The van der Waals surface area contributed by atoms with Crippen molar-refractivity contribution in [1.29, 1.82) is 0 Å². The maximum Gasteiger partial charge on any atom is 0.214 e. The van der Waals surface area contributed by atoms with Crippen molar-refractivity contribution < 1.29 is 4.74 Å². The Hall–Kier alpha value is -1.87. The molecule has 0 saturated heterocycles. The molecule has 0 aliphatic carbocycles. The minimum absolute atomic E-state index is 0.566. The van der Waals surface area contributed by atoms with E-state index in [2.05, 4.69) is 17.2 Å². The van der Waals surface area contributed by atoms with Crippen molar-refractivity contribution in [2.24, 2.45) is 0 Å². The van der Waals surface area contributed by atoms with Crippen LogP contribution in [0.4, 0.5) is 0 Å². The summed E-state index contributed by atoms with van der Waals surface area (Å²) in [5.74, 6) is 0.622. The van der Waals surface area contributed by atoms with Gasteiger partial charge < -0.3 is 4.74 Å². The highest BCUT2D eigenvalue weighted by Gasteiger charge is 2.00. The van der Waals surface area contributed by atoms with E-state index in [-0.39, 0.29) is 0 Å². The Balaban J connectivity index is 1.81. The van der Waals surface area contributed by atoms with Gasteiger partial charge in [0, 0.05) is 16.3 Å². The van der Waals surface area contributed by atoms with Crippen molar-refractivity contribution in [3.8, 4) is 5.88 Å². The molecule has 0 atom stereocenters. The van der Waals surface area contributed by atoms with E-state index in [1.807, 2.05) is 41.8 Å². The second-order valence-electron chi connectivity index (χ2n) is 3.66. The molecule has 2 nitrogen and oxygen atoms in total. The molecule has 0 aliphatic rings. The smallest absolute Gasteiger partial charge is 0.214 e. The zero-order chi connectivity index (χ0) is 11.5. The first-order valence-corrected chi connectivity index (χ1v) is 6.22. The van der Waals surface area contributed by atoms with Gasteiger partial charge >= 0.3 is 0 Å². The Bertz CT molecular complexity index is 619. The molecule has 0 unspecified atom stereocenters. The summed E-state index contributed by atoms with van der Waals surface area (Å²) in [5, 5.41) is 4.15. The first kappa shape index (κ1) is 10.3. The Morgan fingerprint density at radius 2 is 2.12 bits per heavy atom. The molecular formula is C14H10NOS. The van der Waals surface area contributed by atoms with Crippen LogP contribution in [0, 0.1) is 6.20 Å². The van der Waals surface area contributed by atoms with Gasteiger partial charge in [0.1, 0.15) is 12.8 Å². The van der Waals surface area contributed by atoms with Crippen molar-refractivity contribution in [2.75, 3.05) is 0 Å². The molecule has 3 heteroatoms. The Labute approximate surface area is 104 Å². The lowest BCUT2D eigenvalue weighted by molar-refractivity contribution is 0.298. The number of ether oxygens (including phenoxy) is 1. The summed E-state index contributed by atoms with van der Waals surface area (Å²) < 4.78 is 5.63. The van der Waals surface area contributed by atoms with Gasteiger partial charge in [-0.1, -0.05) is 30.3 Å². The van der Waals surface area contributed by atoms with Gasteiger partial charge in [0.2, 0.25) is 5.88 Å². The molecule has 0 N–H and O–H groups in total. The van der Waals surface area contributed by atoms with Gasteiger partial charge in [-0.3, -0.25) is 0 Å². The van der Waals surface area contributed by atoms with E-state index in [0.29, 0.717) is 12.5 Å². The molecule has 1 radical (unpaired) electrons. The summed E-state index contributed by atoms with van der Waals surface area (Å²) in [7, 11) is 0. The Morgan fingerprint density at radius 1 is 1.18 bits per heavy atom. The molecular weight excluding hydrogens is 230 g/mol. The normalized spacial score (nSPS) is 10.6. The molecule has 3 aromatic rings. The van der Waals surface area contributed by atoms with E-state index in [1.165, 1.54) is 4.88 Å². The second kappa shape index (κ2) is 4.55. The molecule has 0 bridgehead atoms. The average molecular weight is 240 g/mol. The fourth-order valence-corrected chi connectivity index (χ4v) is 2.24. The summed E-state index contributed by atoms with van der Waals surface area (Å²) in [6.07, 6.45) is 2.98. The van der Waals surface area contributed by atoms with Crippen LogP contribution in [0.3, 0.4) is 0 Å². The lowest BCUT2D eigenvalue weighted by Crippen LogP contribution is -1.95. The van der Waals surface area contributed by atoms with Crippen LogP contribution in [0.25, 0.3) is 10.8 Å². The maximum absolute atomic E-state index is 5.63. The van der Waals surface area contributed by atoms with E-state index < -0.39 is 0 Å². The Kier molecular flexibility index (Phi) is 2.76. The molecule has 17 heavy (non-hydrogen) atoms. The number of thiophene rings is 1. The molecule has 2 aromatic heterocycles. The first-order chi connectivity index (χ1) is 8.42. The predicted molar refractivity (Wildman–Crippen MR) is 69.2 cm³/mol. The summed E-state index contributed by atoms with van der Waals surface area (Å²) in [4.78, 5) is 5.36. The van der Waals surface area contributed by atoms with Gasteiger partial charge in [0.25, 0.3) is 0 Å². The fourth-order valence-electron chi connectivity index (χ4n) is 1.62. The lowest BCUT2D eigenvalue weighted by atomic mass is 10.2. The van der Waals surface area contributed by atoms with Gasteiger partial charge in [-0.05, 0) is 16.8 Å². The predicted octanol–water partition coefficient (Wildman–Crippen LogP) is 3.68. The number of pyridine rings is 1. The maximum atomic E-state index is 5.63. The van der Waals surface area contributed by atoms with Gasteiger partial charge in [0.05, 0.1) is 0 Å². The first-order valence-electron chi connectivity index (χ1n) is 5.34. The van der Waals surface area contributed by atoms with Crippen LogP contribution >= 0.6 is 11.3 Å². The van der Waals surface area contributed by atoms with Crippen molar-refractivity contribution in [3.63, 3.8) is 0 Å². The van der Waals surface area contributed by atoms with E-state index in [4.69, 9.17) is 4.74 Å².